The van der Waals surface area contributed by atoms with Crippen molar-refractivity contribution in [2.75, 3.05) is 5.32 Å². The van der Waals surface area contributed by atoms with Crippen LogP contribution in [0.2, 0.25) is 0 Å². The number of non-ortho nitro benzene ring substituents is 1. The molecule has 2 rings (SSSR count). The van der Waals surface area contributed by atoms with Crippen molar-refractivity contribution >= 4 is 35.1 Å². The van der Waals surface area contributed by atoms with Crippen LogP contribution in [0.5, 0.6) is 0 Å². The summed E-state index contributed by atoms with van der Waals surface area (Å²) in [6.07, 6.45) is 2.68. The van der Waals surface area contributed by atoms with Crippen LogP contribution in [0.3, 0.4) is 0 Å². The summed E-state index contributed by atoms with van der Waals surface area (Å²) >= 11 is 0.422. The summed E-state index contributed by atoms with van der Waals surface area (Å²) in [7, 11) is 0. The van der Waals surface area contributed by atoms with E-state index in [0.717, 1.165) is 0 Å². The molecule has 2 aromatic rings. The van der Waals surface area contributed by atoms with Gasteiger partial charge in [0.1, 0.15) is 0 Å². The number of hydrogen-bond acceptors (Lipinski definition) is 4. The van der Waals surface area contributed by atoms with Crippen LogP contribution in [0.4, 0.5) is 20.2 Å². The highest BCUT2D eigenvalue weighted by Crippen LogP contribution is 2.26. The van der Waals surface area contributed by atoms with Crippen molar-refractivity contribution in [3.8, 4) is 0 Å². The van der Waals surface area contributed by atoms with Gasteiger partial charge in [-0.25, -0.2) is 0 Å². The average molecular weight is 350 g/mol. The molecule has 0 aliphatic carbocycles. The zero-order valence-electron chi connectivity index (χ0n) is 12.2. The third-order valence-corrected chi connectivity index (χ3v) is 3.58. The van der Waals surface area contributed by atoms with Gasteiger partial charge in [-0.05, 0) is 35.9 Å². The number of hydrogen-bond donors (Lipinski definition) is 1. The molecule has 124 valence electrons. The van der Waals surface area contributed by atoms with Crippen molar-refractivity contribution in [2.45, 2.75) is 10.7 Å². The minimum atomic E-state index is -2.50. The van der Waals surface area contributed by atoms with E-state index in [9.17, 15) is 23.7 Å². The maximum atomic E-state index is 12.2. The van der Waals surface area contributed by atoms with Gasteiger partial charge in [-0.3, -0.25) is 14.9 Å². The summed E-state index contributed by atoms with van der Waals surface area (Å²) < 4.78 is 24.4. The normalized spacial score (nSPS) is 11.0. The SMILES string of the molecule is O=C(/C=C/c1cccc([N+](=O)[O-])c1)Nc1ccc(SC(F)F)cc1. The van der Waals surface area contributed by atoms with Gasteiger partial charge in [0.25, 0.3) is 11.4 Å². The van der Waals surface area contributed by atoms with Gasteiger partial charge in [-0.1, -0.05) is 23.9 Å². The maximum Gasteiger partial charge on any atom is 0.288 e. The second-order valence-electron chi connectivity index (χ2n) is 4.58. The van der Waals surface area contributed by atoms with E-state index in [-0.39, 0.29) is 5.69 Å². The molecule has 5 nitrogen and oxygen atoms in total. The van der Waals surface area contributed by atoms with Crippen LogP contribution in [0.1, 0.15) is 5.56 Å². The molecule has 1 N–H and O–H groups in total. The molecule has 8 heteroatoms. The number of halogens is 2. The van der Waals surface area contributed by atoms with Gasteiger partial charge in [-0.2, -0.15) is 8.78 Å². The van der Waals surface area contributed by atoms with Crippen molar-refractivity contribution < 1.29 is 18.5 Å². The number of alkyl halides is 2. The Labute approximate surface area is 140 Å². The molecule has 0 aromatic heterocycles. The number of nitro benzene ring substituents is 1. The fraction of sp³-hybridized carbons (Fsp3) is 0.0625. The summed E-state index contributed by atoms with van der Waals surface area (Å²) in [6, 6.07) is 11.9. The Morgan fingerprint density at radius 2 is 1.92 bits per heavy atom. The lowest BCUT2D eigenvalue weighted by molar-refractivity contribution is -0.384. The highest BCUT2D eigenvalue weighted by molar-refractivity contribution is 7.99. The lowest BCUT2D eigenvalue weighted by Crippen LogP contribution is -2.07. The molecular formula is C16H12F2N2O3S. The van der Waals surface area contributed by atoms with Crippen molar-refractivity contribution in [1.82, 2.24) is 0 Å². The van der Waals surface area contributed by atoms with Crippen LogP contribution in [0, 0.1) is 10.1 Å². The van der Waals surface area contributed by atoms with E-state index in [2.05, 4.69) is 5.32 Å². The molecule has 0 heterocycles. The third kappa shape index (κ3) is 5.47. The van der Waals surface area contributed by atoms with Crippen LogP contribution in [-0.4, -0.2) is 16.6 Å². The first kappa shape index (κ1) is 17.6. The van der Waals surface area contributed by atoms with Gasteiger partial charge in [-0.15, -0.1) is 0 Å². The summed E-state index contributed by atoms with van der Waals surface area (Å²) in [5, 5.41) is 13.3. The van der Waals surface area contributed by atoms with Gasteiger partial charge in [0.15, 0.2) is 0 Å². The van der Waals surface area contributed by atoms with Gasteiger partial charge in [0.2, 0.25) is 5.91 Å². The Morgan fingerprint density at radius 1 is 1.21 bits per heavy atom. The molecule has 0 atom stereocenters. The van der Waals surface area contributed by atoms with Gasteiger partial charge >= 0.3 is 0 Å². The molecule has 0 saturated carbocycles. The molecule has 0 radical (unpaired) electrons. The monoisotopic (exact) mass is 350 g/mol. The average Bonchev–Trinajstić information content (AvgIpc) is 2.54. The van der Waals surface area contributed by atoms with Crippen molar-refractivity contribution in [3.05, 3.63) is 70.3 Å². The zero-order valence-corrected chi connectivity index (χ0v) is 13.0. The molecule has 0 unspecified atom stereocenters. The van der Waals surface area contributed by atoms with E-state index in [0.29, 0.717) is 27.9 Å². The number of nitrogens with zero attached hydrogens (tertiary/aromatic N) is 1. The molecule has 24 heavy (non-hydrogen) atoms. The number of carbonyl (C=O) groups excluding carboxylic acids is 1. The predicted molar refractivity (Wildman–Crippen MR) is 89.1 cm³/mol. The van der Waals surface area contributed by atoms with Gasteiger partial charge in [0, 0.05) is 28.8 Å². The smallest absolute Gasteiger partial charge is 0.288 e. The van der Waals surface area contributed by atoms with Crippen LogP contribution in [0.15, 0.2) is 59.5 Å². The van der Waals surface area contributed by atoms with E-state index in [1.54, 1.807) is 6.07 Å². The van der Waals surface area contributed by atoms with Crippen LogP contribution in [-0.2, 0) is 4.79 Å². The standard InChI is InChI=1S/C16H12F2N2O3S/c17-16(18)24-14-7-5-12(6-8-14)19-15(21)9-4-11-2-1-3-13(10-11)20(22)23/h1-10,16H,(H,19,21)/b9-4+. The molecular weight excluding hydrogens is 338 g/mol. The molecule has 0 spiro atoms. The maximum absolute atomic E-state index is 12.2. The van der Waals surface area contributed by atoms with Crippen LogP contribution < -0.4 is 5.32 Å². The Hall–Kier alpha value is -2.74. The molecule has 0 aliphatic heterocycles. The number of benzene rings is 2. The first-order valence-corrected chi connectivity index (χ1v) is 7.60. The third-order valence-electron chi connectivity index (χ3n) is 2.86. The summed E-state index contributed by atoms with van der Waals surface area (Å²) in [4.78, 5) is 22.4. The molecule has 0 aliphatic rings. The summed E-state index contributed by atoms with van der Waals surface area (Å²) in [6.45, 7) is 0. The zero-order chi connectivity index (χ0) is 17.5. The van der Waals surface area contributed by atoms with E-state index in [1.807, 2.05) is 0 Å². The highest BCUT2D eigenvalue weighted by Gasteiger charge is 2.06. The summed E-state index contributed by atoms with van der Waals surface area (Å²) in [5.41, 5.74) is 0.912. The topological polar surface area (TPSA) is 72.2 Å². The second-order valence-corrected chi connectivity index (χ2v) is 5.64. The predicted octanol–water partition coefficient (Wildman–Crippen LogP) is 4.56. The number of nitro groups is 1. The van der Waals surface area contributed by atoms with Crippen molar-refractivity contribution in [1.29, 1.82) is 0 Å². The second kappa shape index (κ2) is 8.21. The number of thioether (sulfide) groups is 1. The fourth-order valence-electron chi connectivity index (χ4n) is 1.82. The quantitative estimate of drug-likeness (QED) is 0.359. The molecule has 0 saturated heterocycles. The number of rotatable bonds is 6. The Kier molecular flexibility index (Phi) is 6.02. The molecule has 2 aromatic carbocycles. The largest absolute Gasteiger partial charge is 0.323 e. The number of amides is 1. The van der Waals surface area contributed by atoms with Crippen LogP contribution in [0.25, 0.3) is 6.08 Å². The lowest BCUT2D eigenvalue weighted by Gasteiger charge is -2.04. The molecule has 0 fully saturated rings. The van der Waals surface area contributed by atoms with Crippen LogP contribution >= 0.6 is 11.8 Å². The lowest BCUT2D eigenvalue weighted by atomic mass is 10.2. The molecule has 1 amide bonds. The summed E-state index contributed by atoms with van der Waals surface area (Å²) in [5.74, 6) is -2.93. The minimum Gasteiger partial charge on any atom is -0.323 e. The number of carbonyl (C=O) groups is 1. The first-order valence-electron chi connectivity index (χ1n) is 6.72. The Morgan fingerprint density at radius 3 is 2.54 bits per heavy atom. The van der Waals surface area contributed by atoms with E-state index in [4.69, 9.17) is 0 Å². The van der Waals surface area contributed by atoms with Gasteiger partial charge < -0.3 is 5.32 Å². The highest BCUT2D eigenvalue weighted by atomic mass is 32.2. The minimum absolute atomic E-state index is 0.0651. The Bertz CT molecular complexity index is 764. The first-order chi connectivity index (χ1) is 11.4. The number of nitrogens with one attached hydrogen (secondary N) is 1. The van der Waals surface area contributed by atoms with Crippen molar-refractivity contribution in [2.24, 2.45) is 0 Å². The van der Waals surface area contributed by atoms with E-state index >= 15 is 0 Å². The Balaban J connectivity index is 1.97. The molecule has 0 bridgehead atoms. The van der Waals surface area contributed by atoms with Crippen molar-refractivity contribution in [3.63, 3.8) is 0 Å². The fourth-order valence-corrected chi connectivity index (χ4v) is 2.32. The number of anilines is 1. The van der Waals surface area contributed by atoms with Gasteiger partial charge in [0.05, 0.1) is 4.92 Å². The van der Waals surface area contributed by atoms with E-state index < -0.39 is 16.6 Å². The van der Waals surface area contributed by atoms with E-state index in [1.165, 1.54) is 54.6 Å².